The van der Waals surface area contributed by atoms with Crippen LogP contribution in [0.2, 0.25) is 0 Å². The molecule has 25 heavy (non-hydrogen) atoms. The number of furan rings is 1. The highest BCUT2D eigenvalue weighted by Crippen LogP contribution is 2.27. The first kappa shape index (κ1) is 18.4. The highest BCUT2D eigenvalue weighted by Gasteiger charge is 2.14. The number of aryl methyl sites for hydroxylation is 3. The van der Waals surface area contributed by atoms with E-state index >= 15 is 0 Å². The van der Waals surface area contributed by atoms with Crippen molar-refractivity contribution in [1.29, 1.82) is 0 Å². The van der Waals surface area contributed by atoms with Crippen molar-refractivity contribution >= 4 is 11.8 Å². The first-order valence-corrected chi connectivity index (χ1v) is 7.81. The van der Waals surface area contributed by atoms with Gasteiger partial charge in [0.2, 0.25) is 5.91 Å². The summed E-state index contributed by atoms with van der Waals surface area (Å²) < 4.78 is 15.7. The second-order valence-corrected chi connectivity index (χ2v) is 5.52. The second kappa shape index (κ2) is 8.23. The zero-order chi connectivity index (χ0) is 18.4. The Hall–Kier alpha value is -2.96. The summed E-state index contributed by atoms with van der Waals surface area (Å²) in [5.41, 5.74) is 6.12. The molecule has 0 radical (unpaired) electrons. The number of amides is 2. The van der Waals surface area contributed by atoms with Gasteiger partial charge in [-0.2, -0.15) is 0 Å². The van der Waals surface area contributed by atoms with Crippen LogP contribution in [0.15, 0.2) is 28.7 Å². The molecule has 1 aromatic heterocycles. The molecule has 0 aliphatic heterocycles. The van der Waals surface area contributed by atoms with Gasteiger partial charge in [0.05, 0.1) is 19.8 Å². The van der Waals surface area contributed by atoms with E-state index in [0.29, 0.717) is 35.0 Å². The van der Waals surface area contributed by atoms with Crippen molar-refractivity contribution in [3.8, 4) is 11.5 Å². The normalized spacial score (nSPS) is 10.2. The zero-order valence-electron chi connectivity index (χ0n) is 14.8. The lowest BCUT2D eigenvalue weighted by Gasteiger charge is -2.10. The van der Waals surface area contributed by atoms with E-state index in [2.05, 4.69) is 10.9 Å². The molecule has 0 saturated carbocycles. The fourth-order valence-corrected chi connectivity index (χ4v) is 2.41. The van der Waals surface area contributed by atoms with Gasteiger partial charge in [-0.25, -0.2) is 0 Å². The maximum absolute atomic E-state index is 12.0. The molecule has 1 aromatic carbocycles. The number of nitrogens with one attached hydrogen (secondary N) is 2. The fourth-order valence-electron chi connectivity index (χ4n) is 2.41. The van der Waals surface area contributed by atoms with E-state index in [9.17, 15) is 9.59 Å². The van der Waals surface area contributed by atoms with Crippen molar-refractivity contribution < 1.29 is 23.5 Å². The average Bonchev–Trinajstić information content (AvgIpc) is 2.95. The summed E-state index contributed by atoms with van der Waals surface area (Å²) in [6, 6.07) is 7.10. The first-order valence-electron chi connectivity index (χ1n) is 7.81. The summed E-state index contributed by atoms with van der Waals surface area (Å²) in [6.07, 6.45) is 0.727. The van der Waals surface area contributed by atoms with Gasteiger partial charge in [0.1, 0.15) is 11.5 Å². The Morgan fingerprint density at radius 3 is 2.36 bits per heavy atom. The van der Waals surface area contributed by atoms with E-state index in [1.165, 1.54) is 0 Å². The van der Waals surface area contributed by atoms with E-state index in [4.69, 9.17) is 13.9 Å². The number of ether oxygens (including phenoxy) is 2. The largest absolute Gasteiger partial charge is 0.493 e. The molecule has 1 heterocycles. The number of carbonyl (C=O) groups excluding carboxylic acids is 2. The Morgan fingerprint density at radius 1 is 1.04 bits per heavy atom. The molecule has 2 rings (SSSR count). The SMILES string of the molecule is COc1ccc(CCC(=O)NNC(=O)c2cc(C)oc2C)cc1OC. The van der Waals surface area contributed by atoms with E-state index < -0.39 is 5.91 Å². The van der Waals surface area contributed by atoms with Gasteiger partial charge in [-0.05, 0) is 44.0 Å². The monoisotopic (exact) mass is 346 g/mol. The zero-order valence-corrected chi connectivity index (χ0v) is 14.8. The van der Waals surface area contributed by atoms with Crippen molar-refractivity contribution in [2.24, 2.45) is 0 Å². The Labute approximate surface area is 146 Å². The molecule has 0 bridgehead atoms. The molecule has 0 fully saturated rings. The Morgan fingerprint density at radius 2 is 1.76 bits per heavy atom. The highest BCUT2D eigenvalue weighted by molar-refractivity contribution is 5.96. The predicted octanol–water partition coefficient (Wildman–Crippen LogP) is 2.31. The molecule has 0 saturated heterocycles. The fraction of sp³-hybridized carbons (Fsp3) is 0.333. The molecule has 0 atom stereocenters. The molecule has 0 unspecified atom stereocenters. The third-order valence-electron chi connectivity index (χ3n) is 3.69. The Balaban J connectivity index is 1.84. The second-order valence-electron chi connectivity index (χ2n) is 5.52. The standard InChI is InChI=1S/C18H22N2O5/c1-11-9-14(12(2)25-11)18(22)20-19-17(21)8-6-13-5-7-15(23-3)16(10-13)24-4/h5,7,9-10H,6,8H2,1-4H3,(H,19,21)(H,20,22). The molecule has 2 N–H and O–H groups in total. The van der Waals surface area contributed by atoms with Gasteiger partial charge in [-0.1, -0.05) is 6.07 Å². The van der Waals surface area contributed by atoms with Crippen molar-refractivity contribution in [1.82, 2.24) is 10.9 Å². The Kier molecular flexibility index (Phi) is 6.05. The van der Waals surface area contributed by atoms with E-state index in [1.54, 1.807) is 40.2 Å². The van der Waals surface area contributed by atoms with Gasteiger partial charge >= 0.3 is 0 Å². The van der Waals surface area contributed by atoms with Crippen molar-refractivity contribution in [3.63, 3.8) is 0 Å². The first-order chi connectivity index (χ1) is 11.9. The summed E-state index contributed by atoms with van der Waals surface area (Å²) in [5, 5.41) is 0. The minimum atomic E-state index is -0.409. The number of hydrazine groups is 1. The predicted molar refractivity (Wildman–Crippen MR) is 91.7 cm³/mol. The van der Waals surface area contributed by atoms with E-state index in [-0.39, 0.29) is 12.3 Å². The minimum absolute atomic E-state index is 0.221. The summed E-state index contributed by atoms with van der Waals surface area (Å²) in [4.78, 5) is 23.9. The van der Waals surface area contributed by atoms with E-state index in [1.807, 2.05) is 12.1 Å². The van der Waals surface area contributed by atoms with Crippen LogP contribution >= 0.6 is 0 Å². The molecule has 7 heteroatoms. The average molecular weight is 346 g/mol. The van der Waals surface area contributed by atoms with Gasteiger partial charge < -0.3 is 13.9 Å². The molecule has 0 spiro atoms. The van der Waals surface area contributed by atoms with Crippen molar-refractivity contribution in [3.05, 3.63) is 46.9 Å². The summed E-state index contributed by atoms with van der Waals surface area (Å²) in [7, 11) is 3.13. The maximum Gasteiger partial charge on any atom is 0.273 e. The minimum Gasteiger partial charge on any atom is -0.493 e. The third kappa shape index (κ3) is 4.76. The number of hydrogen-bond donors (Lipinski definition) is 2. The van der Waals surface area contributed by atoms with Gasteiger partial charge in [0.15, 0.2) is 11.5 Å². The molecule has 2 amide bonds. The van der Waals surface area contributed by atoms with Crippen LogP contribution in [-0.2, 0) is 11.2 Å². The van der Waals surface area contributed by atoms with E-state index in [0.717, 1.165) is 5.56 Å². The van der Waals surface area contributed by atoms with Crippen LogP contribution in [-0.4, -0.2) is 26.0 Å². The van der Waals surface area contributed by atoms with Crippen LogP contribution in [0.3, 0.4) is 0 Å². The van der Waals surface area contributed by atoms with Gasteiger partial charge in [0.25, 0.3) is 5.91 Å². The molecular formula is C18H22N2O5. The number of carbonyl (C=O) groups is 2. The topological polar surface area (TPSA) is 89.8 Å². The number of benzene rings is 1. The van der Waals surface area contributed by atoms with Gasteiger partial charge in [0, 0.05) is 6.42 Å². The number of hydrogen-bond acceptors (Lipinski definition) is 5. The molecule has 0 aliphatic rings. The quantitative estimate of drug-likeness (QED) is 0.784. The summed E-state index contributed by atoms with van der Waals surface area (Å²) in [6.45, 7) is 3.45. The van der Waals surface area contributed by atoms with Crippen molar-refractivity contribution in [2.75, 3.05) is 14.2 Å². The van der Waals surface area contributed by atoms with Crippen LogP contribution in [0.5, 0.6) is 11.5 Å². The highest BCUT2D eigenvalue weighted by atomic mass is 16.5. The Bertz CT molecular complexity index is 767. The smallest absolute Gasteiger partial charge is 0.273 e. The van der Waals surface area contributed by atoms with Crippen LogP contribution in [0, 0.1) is 13.8 Å². The third-order valence-corrected chi connectivity index (χ3v) is 3.69. The van der Waals surface area contributed by atoms with Crippen LogP contribution < -0.4 is 20.3 Å². The molecule has 2 aromatic rings. The summed E-state index contributed by atoms with van der Waals surface area (Å²) >= 11 is 0. The maximum atomic E-state index is 12.0. The number of rotatable bonds is 6. The van der Waals surface area contributed by atoms with Crippen LogP contribution in [0.25, 0.3) is 0 Å². The lowest BCUT2D eigenvalue weighted by Crippen LogP contribution is -2.41. The van der Waals surface area contributed by atoms with Gasteiger partial charge in [-0.3, -0.25) is 20.4 Å². The lowest BCUT2D eigenvalue weighted by atomic mass is 10.1. The molecular weight excluding hydrogens is 324 g/mol. The van der Waals surface area contributed by atoms with Crippen LogP contribution in [0.1, 0.15) is 33.9 Å². The van der Waals surface area contributed by atoms with Crippen LogP contribution in [0.4, 0.5) is 0 Å². The lowest BCUT2D eigenvalue weighted by molar-refractivity contribution is -0.121. The summed E-state index contributed by atoms with van der Waals surface area (Å²) in [5.74, 6) is 1.69. The molecule has 134 valence electrons. The molecule has 0 aliphatic carbocycles. The van der Waals surface area contributed by atoms with Crippen molar-refractivity contribution in [2.45, 2.75) is 26.7 Å². The molecule has 7 nitrogen and oxygen atoms in total. The van der Waals surface area contributed by atoms with Gasteiger partial charge in [-0.15, -0.1) is 0 Å². The number of methoxy groups -OCH3 is 2.